The minimum atomic E-state index is -3.62. The number of methoxy groups -OCH3 is 1. The summed E-state index contributed by atoms with van der Waals surface area (Å²) >= 11 is 0. The van der Waals surface area contributed by atoms with E-state index in [9.17, 15) is 12.8 Å². The lowest BCUT2D eigenvalue weighted by Gasteiger charge is -2.12. The Hall–Kier alpha value is -1.14. The number of sulfonamides is 1. The van der Waals surface area contributed by atoms with Gasteiger partial charge in [-0.15, -0.1) is 0 Å². The van der Waals surface area contributed by atoms with Gasteiger partial charge in [-0.05, 0) is 25.5 Å². The summed E-state index contributed by atoms with van der Waals surface area (Å²) < 4.78 is 44.2. The van der Waals surface area contributed by atoms with E-state index in [0.29, 0.717) is 6.42 Å². The van der Waals surface area contributed by atoms with Crippen LogP contribution in [0.5, 0.6) is 5.75 Å². The summed E-state index contributed by atoms with van der Waals surface area (Å²) in [5, 5.41) is 0. The molecule has 1 rings (SSSR count). The first-order valence-electron chi connectivity index (χ1n) is 5.26. The molecule has 0 amide bonds. The fraction of sp³-hybridized carbons (Fsp3) is 0.455. The predicted octanol–water partition coefficient (Wildman–Crippen LogP) is 1.91. The van der Waals surface area contributed by atoms with Crippen LogP contribution in [0.25, 0.3) is 0 Å². The van der Waals surface area contributed by atoms with Crippen molar-refractivity contribution in [3.05, 3.63) is 24.0 Å². The minimum Gasteiger partial charge on any atom is -0.494 e. The second kappa shape index (κ2) is 5.46. The third-order valence-electron chi connectivity index (χ3n) is 2.40. The second-order valence-corrected chi connectivity index (χ2v) is 5.44. The van der Waals surface area contributed by atoms with E-state index in [-0.39, 0.29) is 16.7 Å². The molecule has 0 spiro atoms. The number of rotatable bonds is 5. The summed E-state index contributed by atoms with van der Waals surface area (Å²) in [4.78, 5) is -0.00366. The van der Waals surface area contributed by atoms with Crippen LogP contribution < -0.4 is 9.46 Å². The maximum absolute atomic E-state index is 13.1. The quantitative estimate of drug-likeness (QED) is 0.881. The van der Waals surface area contributed by atoms with Crippen molar-refractivity contribution in [2.45, 2.75) is 31.2 Å². The standard InChI is InChI=1S/C11H16FNO3S/c1-4-8(2)13-17(14,15)9-5-6-10(12)11(7-9)16-3/h5-8,13H,4H2,1-3H3/t8-/m0/s1. The van der Waals surface area contributed by atoms with E-state index < -0.39 is 15.8 Å². The van der Waals surface area contributed by atoms with Crippen molar-refractivity contribution in [2.75, 3.05) is 7.11 Å². The largest absolute Gasteiger partial charge is 0.494 e. The molecule has 4 nitrogen and oxygen atoms in total. The number of benzene rings is 1. The van der Waals surface area contributed by atoms with E-state index >= 15 is 0 Å². The smallest absolute Gasteiger partial charge is 0.240 e. The van der Waals surface area contributed by atoms with Crippen molar-refractivity contribution in [2.24, 2.45) is 0 Å². The maximum Gasteiger partial charge on any atom is 0.240 e. The highest BCUT2D eigenvalue weighted by Gasteiger charge is 2.18. The van der Waals surface area contributed by atoms with Gasteiger partial charge in [0.1, 0.15) is 0 Å². The average molecular weight is 261 g/mol. The summed E-state index contributed by atoms with van der Waals surface area (Å²) in [6.45, 7) is 3.64. The molecule has 1 atom stereocenters. The molecule has 1 aromatic rings. The van der Waals surface area contributed by atoms with Crippen LogP contribution >= 0.6 is 0 Å². The molecule has 0 aliphatic carbocycles. The molecule has 0 unspecified atom stereocenters. The Labute approximate surface area is 101 Å². The molecule has 0 heterocycles. The van der Waals surface area contributed by atoms with Crippen molar-refractivity contribution in [3.63, 3.8) is 0 Å². The molecule has 0 aromatic heterocycles. The molecule has 6 heteroatoms. The SMILES string of the molecule is CC[C@H](C)NS(=O)(=O)c1ccc(F)c(OC)c1. The summed E-state index contributed by atoms with van der Waals surface area (Å²) in [5.74, 6) is -0.674. The molecule has 17 heavy (non-hydrogen) atoms. The number of hydrogen-bond acceptors (Lipinski definition) is 3. The Morgan fingerprint density at radius 1 is 1.47 bits per heavy atom. The van der Waals surface area contributed by atoms with Crippen molar-refractivity contribution in [1.29, 1.82) is 0 Å². The lowest BCUT2D eigenvalue weighted by Crippen LogP contribution is -2.32. The molecule has 0 saturated carbocycles. The molecule has 1 N–H and O–H groups in total. The van der Waals surface area contributed by atoms with Crippen molar-refractivity contribution < 1.29 is 17.5 Å². The van der Waals surface area contributed by atoms with Gasteiger partial charge < -0.3 is 4.74 Å². The highest BCUT2D eigenvalue weighted by atomic mass is 32.2. The van der Waals surface area contributed by atoms with Gasteiger partial charge in [-0.3, -0.25) is 0 Å². The molecule has 0 radical (unpaired) electrons. The molecular formula is C11H16FNO3S. The van der Waals surface area contributed by atoms with E-state index in [2.05, 4.69) is 4.72 Å². The van der Waals surface area contributed by atoms with Crippen LogP contribution in [0.1, 0.15) is 20.3 Å². The Bertz CT molecular complexity index is 487. The Morgan fingerprint density at radius 2 is 2.12 bits per heavy atom. The van der Waals surface area contributed by atoms with Crippen molar-refractivity contribution in [1.82, 2.24) is 4.72 Å². The summed E-state index contributed by atoms with van der Waals surface area (Å²) in [5.41, 5.74) is 0. The van der Waals surface area contributed by atoms with Gasteiger partial charge in [0.15, 0.2) is 11.6 Å². The molecule has 0 saturated heterocycles. The Morgan fingerprint density at radius 3 is 2.65 bits per heavy atom. The molecule has 0 aliphatic rings. The number of hydrogen-bond donors (Lipinski definition) is 1. The van der Waals surface area contributed by atoms with Gasteiger partial charge in [-0.25, -0.2) is 17.5 Å². The Balaban J connectivity index is 3.07. The molecule has 0 bridgehead atoms. The highest BCUT2D eigenvalue weighted by molar-refractivity contribution is 7.89. The first kappa shape index (κ1) is 13.9. The van der Waals surface area contributed by atoms with Crippen LogP contribution in [0.15, 0.2) is 23.1 Å². The Kier molecular flexibility index (Phi) is 4.47. The van der Waals surface area contributed by atoms with E-state index in [1.807, 2.05) is 6.92 Å². The zero-order valence-electron chi connectivity index (χ0n) is 10.0. The van der Waals surface area contributed by atoms with Crippen molar-refractivity contribution >= 4 is 10.0 Å². The molecular weight excluding hydrogens is 245 g/mol. The summed E-state index contributed by atoms with van der Waals surface area (Å²) in [6, 6.07) is 3.28. The lowest BCUT2D eigenvalue weighted by molar-refractivity contribution is 0.385. The highest BCUT2D eigenvalue weighted by Crippen LogP contribution is 2.21. The molecule has 96 valence electrons. The normalized spacial score (nSPS) is 13.4. The van der Waals surface area contributed by atoms with Crippen LogP contribution in [-0.4, -0.2) is 21.6 Å². The van der Waals surface area contributed by atoms with Crippen LogP contribution in [0.4, 0.5) is 4.39 Å². The first-order valence-corrected chi connectivity index (χ1v) is 6.75. The van der Waals surface area contributed by atoms with Gasteiger partial charge in [0, 0.05) is 12.1 Å². The second-order valence-electron chi connectivity index (χ2n) is 3.73. The van der Waals surface area contributed by atoms with E-state index in [1.165, 1.54) is 19.2 Å². The summed E-state index contributed by atoms with van der Waals surface area (Å²) in [6.07, 6.45) is 0.678. The third kappa shape index (κ3) is 3.41. The summed E-state index contributed by atoms with van der Waals surface area (Å²) in [7, 11) is -2.33. The average Bonchev–Trinajstić information content (AvgIpc) is 2.28. The first-order chi connectivity index (χ1) is 7.90. The van der Waals surface area contributed by atoms with Gasteiger partial charge in [0.2, 0.25) is 10.0 Å². The topological polar surface area (TPSA) is 55.4 Å². The van der Waals surface area contributed by atoms with Gasteiger partial charge in [0.25, 0.3) is 0 Å². The molecule has 1 aromatic carbocycles. The fourth-order valence-corrected chi connectivity index (χ4v) is 2.57. The zero-order valence-corrected chi connectivity index (χ0v) is 10.8. The monoisotopic (exact) mass is 261 g/mol. The lowest BCUT2D eigenvalue weighted by atomic mass is 10.3. The van der Waals surface area contributed by atoms with Crippen LogP contribution in [0.2, 0.25) is 0 Å². The van der Waals surface area contributed by atoms with Gasteiger partial charge >= 0.3 is 0 Å². The number of ether oxygens (including phenoxy) is 1. The van der Waals surface area contributed by atoms with Crippen LogP contribution in [0.3, 0.4) is 0 Å². The van der Waals surface area contributed by atoms with Crippen LogP contribution in [0, 0.1) is 5.82 Å². The van der Waals surface area contributed by atoms with E-state index in [1.54, 1.807) is 6.92 Å². The van der Waals surface area contributed by atoms with Crippen molar-refractivity contribution in [3.8, 4) is 5.75 Å². The van der Waals surface area contributed by atoms with E-state index in [4.69, 9.17) is 4.74 Å². The molecule has 0 aliphatic heterocycles. The third-order valence-corrected chi connectivity index (χ3v) is 3.99. The van der Waals surface area contributed by atoms with Gasteiger partial charge in [0.05, 0.1) is 12.0 Å². The minimum absolute atomic E-state index is 0.00366. The number of halogens is 1. The molecule has 0 fully saturated rings. The predicted molar refractivity (Wildman–Crippen MR) is 63.0 cm³/mol. The fourth-order valence-electron chi connectivity index (χ4n) is 1.22. The van der Waals surface area contributed by atoms with Crippen LogP contribution in [-0.2, 0) is 10.0 Å². The number of nitrogens with one attached hydrogen (secondary N) is 1. The van der Waals surface area contributed by atoms with E-state index in [0.717, 1.165) is 6.07 Å². The van der Waals surface area contributed by atoms with Gasteiger partial charge in [-0.2, -0.15) is 0 Å². The maximum atomic E-state index is 13.1. The van der Waals surface area contributed by atoms with Gasteiger partial charge in [-0.1, -0.05) is 6.92 Å². The zero-order chi connectivity index (χ0) is 13.1.